The highest BCUT2D eigenvalue weighted by Gasteiger charge is 2.28. The standard InChI is InChI=1S/C26H19ClFN3O2S/c1-15-4-7-21-17(9-15)10-18(25(32)30-21)14-31(13-16-3-2-8-29-12-16)26(33)24-23(27)20-6-5-19(28)11-22(20)34-24/h2-12,18H,13-14H2,1H3. The van der Waals surface area contributed by atoms with E-state index in [1.54, 1.807) is 29.4 Å². The SMILES string of the molecule is Cc1ccc2c(c1)=CC(CN(Cc1cccnc1)C(=O)c1sc3cc(F)ccc3c1Cl)C(=O)N=2. The maximum atomic E-state index is 13.7. The average Bonchev–Trinajstić information content (AvgIpc) is 3.15. The molecule has 3 heterocycles. The number of benzene rings is 2. The van der Waals surface area contributed by atoms with Crippen LogP contribution in [-0.2, 0) is 11.3 Å². The van der Waals surface area contributed by atoms with Crippen LogP contribution in [0.3, 0.4) is 0 Å². The van der Waals surface area contributed by atoms with Gasteiger partial charge in [-0.1, -0.05) is 41.4 Å². The minimum atomic E-state index is -0.597. The predicted octanol–water partition coefficient (Wildman–Crippen LogP) is 4.30. The maximum absolute atomic E-state index is 13.7. The van der Waals surface area contributed by atoms with E-state index in [1.165, 1.54) is 12.1 Å². The highest BCUT2D eigenvalue weighted by Crippen LogP contribution is 2.36. The first-order valence-corrected chi connectivity index (χ1v) is 11.9. The predicted molar refractivity (Wildman–Crippen MR) is 131 cm³/mol. The maximum Gasteiger partial charge on any atom is 0.265 e. The third-order valence-corrected chi connectivity index (χ3v) is 7.34. The third kappa shape index (κ3) is 4.36. The summed E-state index contributed by atoms with van der Waals surface area (Å²) in [5.74, 6) is -1.62. The van der Waals surface area contributed by atoms with Crippen molar-refractivity contribution in [1.82, 2.24) is 9.88 Å². The lowest BCUT2D eigenvalue weighted by Gasteiger charge is -2.25. The van der Waals surface area contributed by atoms with Crippen molar-refractivity contribution in [3.05, 3.63) is 98.3 Å². The van der Waals surface area contributed by atoms with Gasteiger partial charge in [-0.2, -0.15) is 0 Å². The molecule has 0 saturated carbocycles. The van der Waals surface area contributed by atoms with Crippen molar-refractivity contribution in [3.8, 4) is 0 Å². The fraction of sp³-hybridized carbons (Fsp3) is 0.154. The molecule has 2 amide bonds. The van der Waals surface area contributed by atoms with E-state index in [-0.39, 0.29) is 29.9 Å². The van der Waals surface area contributed by atoms with Gasteiger partial charge in [-0.3, -0.25) is 14.6 Å². The highest BCUT2D eigenvalue weighted by atomic mass is 35.5. The Hall–Kier alpha value is -3.42. The van der Waals surface area contributed by atoms with E-state index in [4.69, 9.17) is 11.6 Å². The summed E-state index contributed by atoms with van der Waals surface area (Å²) in [6.07, 6.45) is 5.20. The van der Waals surface area contributed by atoms with E-state index in [1.807, 2.05) is 37.3 Å². The van der Waals surface area contributed by atoms with Crippen molar-refractivity contribution in [2.24, 2.45) is 10.9 Å². The zero-order chi connectivity index (χ0) is 23.8. The van der Waals surface area contributed by atoms with E-state index >= 15 is 0 Å². The first kappa shape index (κ1) is 22.4. The van der Waals surface area contributed by atoms with Crippen molar-refractivity contribution in [3.63, 3.8) is 0 Å². The lowest BCUT2D eigenvalue weighted by molar-refractivity contribution is -0.120. The van der Waals surface area contributed by atoms with Crippen LogP contribution >= 0.6 is 22.9 Å². The van der Waals surface area contributed by atoms with Crippen LogP contribution in [-0.4, -0.2) is 28.2 Å². The quantitative estimate of drug-likeness (QED) is 0.418. The minimum Gasteiger partial charge on any atom is -0.332 e. The number of thiophene rings is 1. The first-order valence-electron chi connectivity index (χ1n) is 10.7. The van der Waals surface area contributed by atoms with Gasteiger partial charge < -0.3 is 4.90 Å². The second kappa shape index (κ2) is 9.08. The summed E-state index contributed by atoms with van der Waals surface area (Å²) in [4.78, 5) is 36.8. The second-order valence-corrected chi connectivity index (χ2v) is 9.65. The smallest absolute Gasteiger partial charge is 0.265 e. The van der Waals surface area contributed by atoms with E-state index in [0.717, 1.165) is 27.7 Å². The molecule has 0 saturated heterocycles. The zero-order valence-electron chi connectivity index (χ0n) is 18.2. The van der Waals surface area contributed by atoms with Gasteiger partial charge in [0.05, 0.1) is 16.3 Å². The number of carbonyl (C=O) groups excluding carboxylic acids is 2. The van der Waals surface area contributed by atoms with Crippen molar-refractivity contribution < 1.29 is 14.0 Å². The molecule has 2 aromatic heterocycles. The van der Waals surface area contributed by atoms with Crippen LogP contribution in [0.1, 0.15) is 20.8 Å². The molecule has 0 spiro atoms. The summed E-state index contributed by atoms with van der Waals surface area (Å²) in [6.45, 7) is 2.34. The molecule has 0 N–H and O–H groups in total. The van der Waals surface area contributed by atoms with Crippen molar-refractivity contribution in [1.29, 1.82) is 0 Å². The molecule has 34 heavy (non-hydrogen) atoms. The van der Waals surface area contributed by atoms with Gasteiger partial charge in [0, 0.05) is 35.6 Å². The van der Waals surface area contributed by atoms with Crippen LogP contribution in [0.5, 0.6) is 0 Å². The molecule has 0 bridgehead atoms. The van der Waals surface area contributed by atoms with Crippen LogP contribution in [0.25, 0.3) is 16.2 Å². The topological polar surface area (TPSA) is 62.6 Å². The van der Waals surface area contributed by atoms with Gasteiger partial charge in [0.1, 0.15) is 10.7 Å². The summed E-state index contributed by atoms with van der Waals surface area (Å²) in [7, 11) is 0. The van der Waals surface area contributed by atoms with Gasteiger partial charge in [-0.05, 0) is 48.0 Å². The Morgan fingerprint density at radius 3 is 2.85 bits per heavy atom. The molecule has 5 nitrogen and oxygen atoms in total. The van der Waals surface area contributed by atoms with E-state index in [2.05, 4.69) is 9.98 Å². The molecule has 2 aromatic carbocycles. The fourth-order valence-corrected chi connectivity index (χ4v) is 5.52. The molecule has 1 aliphatic heterocycles. The Bertz CT molecular complexity index is 1550. The average molecular weight is 492 g/mol. The number of halogens is 2. The molecule has 1 atom stereocenters. The number of nitrogens with zero attached hydrogens (tertiary/aromatic N) is 3. The van der Waals surface area contributed by atoms with Gasteiger partial charge in [0.25, 0.3) is 11.8 Å². The molecule has 4 aromatic rings. The third-order valence-electron chi connectivity index (χ3n) is 5.70. The molecule has 170 valence electrons. The number of aryl methyl sites for hydroxylation is 1. The number of hydrogen-bond donors (Lipinski definition) is 0. The van der Waals surface area contributed by atoms with E-state index in [9.17, 15) is 14.0 Å². The summed E-state index contributed by atoms with van der Waals surface area (Å²) < 4.78 is 14.3. The molecule has 0 aliphatic carbocycles. The Labute approximate surface area is 203 Å². The number of carbonyl (C=O) groups is 2. The molecular weight excluding hydrogens is 473 g/mol. The molecule has 1 unspecified atom stereocenters. The Kier molecular flexibility index (Phi) is 5.98. The van der Waals surface area contributed by atoms with Crippen LogP contribution < -0.4 is 10.6 Å². The van der Waals surface area contributed by atoms with Crippen LogP contribution in [0.4, 0.5) is 4.39 Å². The lowest BCUT2D eigenvalue weighted by atomic mass is 10.0. The number of hydrogen-bond acceptors (Lipinski definition) is 4. The Morgan fingerprint density at radius 2 is 2.06 bits per heavy atom. The lowest BCUT2D eigenvalue weighted by Crippen LogP contribution is -2.41. The molecule has 1 aliphatic rings. The van der Waals surface area contributed by atoms with Crippen molar-refractivity contribution in [2.75, 3.05) is 6.54 Å². The van der Waals surface area contributed by atoms with Crippen molar-refractivity contribution >= 4 is 50.9 Å². The summed E-state index contributed by atoms with van der Waals surface area (Å²) >= 11 is 7.68. The minimum absolute atomic E-state index is 0.127. The van der Waals surface area contributed by atoms with Gasteiger partial charge in [-0.25, -0.2) is 9.38 Å². The number of amides is 2. The highest BCUT2D eigenvalue weighted by molar-refractivity contribution is 7.21. The molecule has 0 radical (unpaired) electrons. The molecular formula is C26H19ClFN3O2S. The van der Waals surface area contributed by atoms with Gasteiger partial charge in [-0.15, -0.1) is 11.3 Å². The number of pyridine rings is 1. The van der Waals surface area contributed by atoms with Gasteiger partial charge in [0.15, 0.2) is 0 Å². The monoisotopic (exact) mass is 491 g/mol. The van der Waals surface area contributed by atoms with E-state index < -0.39 is 11.7 Å². The number of rotatable bonds is 5. The summed E-state index contributed by atoms with van der Waals surface area (Å²) in [6, 6.07) is 13.6. The van der Waals surface area contributed by atoms with Gasteiger partial charge in [0.2, 0.25) is 0 Å². The first-order chi connectivity index (χ1) is 16.4. The Morgan fingerprint density at radius 1 is 1.21 bits per heavy atom. The zero-order valence-corrected chi connectivity index (χ0v) is 19.7. The van der Waals surface area contributed by atoms with Gasteiger partial charge >= 0.3 is 0 Å². The van der Waals surface area contributed by atoms with Crippen LogP contribution in [0.2, 0.25) is 5.02 Å². The second-order valence-electron chi connectivity index (χ2n) is 8.22. The van der Waals surface area contributed by atoms with Crippen molar-refractivity contribution in [2.45, 2.75) is 13.5 Å². The largest absolute Gasteiger partial charge is 0.332 e. The van der Waals surface area contributed by atoms with Crippen LogP contribution in [0.15, 0.2) is 65.9 Å². The molecule has 8 heteroatoms. The summed E-state index contributed by atoms with van der Waals surface area (Å²) in [5, 5.41) is 2.41. The molecule has 5 rings (SSSR count). The Balaban J connectivity index is 1.53. The number of aromatic nitrogens is 1. The summed E-state index contributed by atoms with van der Waals surface area (Å²) in [5.41, 5.74) is 1.88. The molecule has 0 fully saturated rings. The normalized spacial score (nSPS) is 14.9. The fourth-order valence-electron chi connectivity index (χ4n) is 4.02. The number of fused-ring (bicyclic) bond motifs is 2. The van der Waals surface area contributed by atoms with Crippen LogP contribution in [0, 0.1) is 18.7 Å². The van der Waals surface area contributed by atoms with E-state index in [0.29, 0.717) is 20.3 Å².